The standard InChI is InChI=1S/C27H25F3N2O5/c28-27(29,30)20-10-6-18(7-11-20)14-32-23(15-36-17-25(32)34)26(35)19-8-12-21(13-9-19)31-24(33)16-37-22-4-2-1-3-5-22/h1-13,23,26,35H,14-17H2,(H,31,33). The summed E-state index contributed by atoms with van der Waals surface area (Å²) in [4.78, 5) is 26.1. The number of anilines is 1. The number of nitrogens with zero attached hydrogens (tertiary/aromatic N) is 1. The average Bonchev–Trinajstić information content (AvgIpc) is 2.89. The number of hydrogen-bond donors (Lipinski definition) is 2. The van der Waals surface area contributed by atoms with Gasteiger partial charge in [-0.25, -0.2) is 0 Å². The summed E-state index contributed by atoms with van der Waals surface area (Å²) in [7, 11) is 0. The van der Waals surface area contributed by atoms with Crippen molar-refractivity contribution in [1.29, 1.82) is 0 Å². The summed E-state index contributed by atoms with van der Waals surface area (Å²) in [5, 5.41) is 13.7. The van der Waals surface area contributed by atoms with Crippen LogP contribution in [0.3, 0.4) is 0 Å². The third-order valence-corrected chi connectivity index (χ3v) is 5.88. The molecule has 3 aromatic rings. The summed E-state index contributed by atoms with van der Waals surface area (Å²) in [5.74, 6) is -0.162. The predicted octanol–water partition coefficient (Wildman–Crippen LogP) is 4.18. The largest absolute Gasteiger partial charge is 0.484 e. The molecule has 1 fully saturated rings. The number of benzene rings is 3. The molecule has 0 bridgehead atoms. The molecule has 2 N–H and O–H groups in total. The van der Waals surface area contributed by atoms with Crippen LogP contribution in [0.25, 0.3) is 0 Å². The summed E-state index contributed by atoms with van der Waals surface area (Å²) in [5.41, 5.74) is 0.700. The van der Waals surface area contributed by atoms with Crippen LogP contribution in [-0.4, -0.2) is 47.7 Å². The van der Waals surface area contributed by atoms with Gasteiger partial charge in [0.1, 0.15) is 18.5 Å². The summed E-state index contributed by atoms with van der Waals surface area (Å²) < 4.78 is 49.3. The van der Waals surface area contributed by atoms with Crippen molar-refractivity contribution in [3.8, 4) is 5.75 Å². The van der Waals surface area contributed by atoms with E-state index in [1.807, 2.05) is 6.07 Å². The topological polar surface area (TPSA) is 88.1 Å². The maximum absolute atomic E-state index is 12.9. The number of ether oxygens (including phenoxy) is 2. The highest BCUT2D eigenvalue weighted by atomic mass is 19.4. The van der Waals surface area contributed by atoms with Crippen LogP contribution in [-0.2, 0) is 27.0 Å². The van der Waals surface area contributed by atoms with Gasteiger partial charge in [-0.05, 0) is 47.5 Å². The number of para-hydroxylation sites is 1. The van der Waals surface area contributed by atoms with Crippen LogP contribution < -0.4 is 10.1 Å². The number of nitrogens with one attached hydrogen (secondary N) is 1. The van der Waals surface area contributed by atoms with E-state index < -0.39 is 23.9 Å². The third-order valence-electron chi connectivity index (χ3n) is 5.88. The second kappa shape index (κ2) is 11.4. The number of halogens is 3. The first kappa shape index (κ1) is 26.2. The number of morpholine rings is 1. The summed E-state index contributed by atoms with van der Waals surface area (Å²) in [6.07, 6.45) is -5.57. The van der Waals surface area contributed by atoms with Gasteiger partial charge in [0.25, 0.3) is 5.91 Å². The molecule has 0 aliphatic carbocycles. The highest BCUT2D eigenvalue weighted by molar-refractivity contribution is 5.91. The molecular formula is C27H25F3N2O5. The van der Waals surface area contributed by atoms with Crippen LogP contribution in [0.5, 0.6) is 5.75 Å². The SMILES string of the molecule is O=C(COc1ccccc1)Nc1ccc(C(O)C2COCC(=O)N2Cc2ccc(C(F)(F)F)cc2)cc1. The second-order valence-electron chi connectivity index (χ2n) is 8.52. The quantitative estimate of drug-likeness (QED) is 0.471. The molecule has 10 heteroatoms. The summed E-state index contributed by atoms with van der Waals surface area (Å²) >= 11 is 0. The fourth-order valence-corrected chi connectivity index (χ4v) is 3.94. The van der Waals surface area contributed by atoms with Gasteiger partial charge in [0, 0.05) is 12.2 Å². The van der Waals surface area contributed by atoms with Gasteiger partial charge < -0.3 is 24.8 Å². The minimum Gasteiger partial charge on any atom is -0.484 e. The van der Waals surface area contributed by atoms with Gasteiger partial charge >= 0.3 is 6.18 Å². The number of amides is 2. The van der Waals surface area contributed by atoms with E-state index in [9.17, 15) is 27.9 Å². The molecule has 4 rings (SSSR count). The first-order valence-corrected chi connectivity index (χ1v) is 11.5. The number of aliphatic hydroxyl groups is 1. The van der Waals surface area contributed by atoms with E-state index in [1.54, 1.807) is 48.5 Å². The molecule has 1 aliphatic rings. The monoisotopic (exact) mass is 514 g/mol. The van der Waals surface area contributed by atoms with Gasteiger partial charge in [-0.1, -0.05) is 42.5 Å². The highest BCUT2D eigenvalue weighted by Gasteiger charge is 2.35. The first-order valence-electron chi connectivity index (χ1n) is 11.5. The van der Waals surface area contributed by atoms with Crippen molar-refractivity contribution in [3.05, 3.63) is 95.6 Å². The van der Waals surface area contributed by atoms with Crippen LogP contribution >= 0.6 is 0 Å². The molecule has 0 aromatic heterocycles. The number of rotatable bonds is 8. The lowest BCUT2D eigenvalue weighted by Crippen LogP contribution is -2.51. The van der Waals surface area contributed by atoms with Crippen molar-refractivity contribution >= 4 is 17.5 Å². The van der Waals surface area contributed by atoms with E-state index in [-0.39, 0.29) is 38.2 Å². The normalized spacial score (nSPS) is 16.8. The first-order chi connectivity index (χ1) is 17.7. The third kappa shape index (κ3) is 6.87. The van der Waals surface area contributed by atoms with E-state index in [0.717, 1.165) is 12.1 Å². The molecule has 0 spiro atoms. The van der Waals surface area contributed by atoms with Gasteiger partial charge in [-0.2, -0.15) is 13.2 Å². The number of hydrogen-bond acceptors (Lipinski definition) is 5. The van der Waals surface area contributed by atoms with Crippen LogP contribution in [0.4, 0.5) is 18.9 Å². The predicted molar refractivity (Wildman–Crippen MR) is 129 cm³/mol. The fraction of sp³-hybridized carbons (Fsp3) is 0.259. The van der Waals surface area contributed by atoms with Gasteiger partial charge in [-0.3, -0.25) is 9.59 Å². The van der Waals surface area contributed by atoms with Gasteiger partial charge in [-0.15, -0.1) is 0 Å². The molecular weight excluding hydrogens is 489 g/mol. The molecule has 194 valence electrons. The van der Waals surface area contributed by atoms with Crippen LogP contribution in [0, 0.1) is 0 Å². The Morgan fingerprint density at radius 1 is 1.05 bits per heavy atom. The van der Waals surface area contributed by atoms with Crippen molar-refractivity contribution < 1.29 is 37.3 Å². The molecule has 1 saturated heterocycles. The molecule has 2 amide bonds. The molecule has 2 atom stereocenters. The van der Waals surface area contributed by atoms with E-state index >= 15 is 0 Å². The van der Waals surface area contributed by atoms with Gasteiger partial charge in [0.05, 0.1) is 18.2 Å². The molecule has 1 aliphatic heterocycles. The Kier molecular flexibility index (Phi) is 8.10. The van der Waals surface area contributed by atoms with E-state index in [1.165, 1.54) is 17.0 Å². The molecule has 0 saturated carbocycles. The Balaban J connectivity index is 1.38. The summed E-state index contributed by atoms with van der Waals surface area (Å²) in [6.45, 7) is -0.269. The molecule has 1 heterocycles. The van der Waals surface area contributed by atoms with E-state index in [0.29, 0.717) is 22.6 Å². The van der Waals surface area contributed by atoms with Crippen molar-refractivity contribution in [3.63, 3.8) is 0 Å². The maximum atomic E-state index is 12.9. The molecule has 0 radical (unpaired) electrons. The number of carbonyl (C=O) groups excluding carboxylic acids is 2. The zero-order valence-corrected chi connectivity index (χ0v) is 19.6. The summed E-state index contributed by atoms with van der Waals surface area (Å²) in [6, 6.07) is 19.2. The van der Waals surface area contributed by atoms with E-state index in [4.69, 9.17) is 9.47 Å². The lowest BCUT2D eigenvalue weighted by atomic mass is 9.99. The molecule has 2 unspecified atom stereocenters. The Morgan fingerprint density at radius 3 is 2.38 bits per heavy atom. The number of alkyl halides is 3. The van der Waals surface area contributed by atoms with Crippen LogP contribution in [0.2, 0.25) is 0 Å². The smallest absolute Gasteiger partial charge is 0.416 e. The van der Waals surface area contributed by atoms with Gasteiger partial charge in [0.15, 0.2) is 6.61 Å². The van der Waals surface area contributed by atoms with Crippen molar-refractivity contribution in [2.45, 2.75) is 24.9 Å². The average molecular weight is 515 g/mol. The second-order valence-corrected chi connectivity index (χ2v) is 8.52. The van der Waals surface area contributed by atoms with E-state index in [2.05, 4.69) is 5.32 Å². The fourth-order valence-electron chi connectivity index (χ4n) is 3.94. The zero-order chi connectivity index (χ0) is 26.4. The lowest BCUT2D eigenvalue weighted by Gasteiger charge is -2.38. The van der Waals surface area contributed by atoms with Crippen molar-refractivity contribution in [2.24, 2.45) is 0 Å². The minimum atomic E-state index is -4.45. The lowest BCUT2D eigenvalue weighted by molar-refractivity contribution is -0.155. The number of carbonyl (C=O) groups is 2. The minimum absolute atomic E-state index is 0.0254. The Hall–Kier alpha value is -3.89. The van der Waals surface area contributed by atoms with Crippen molar-refractivity contribution in [1.82, 2.24) is 4.90 Å². The molecule has 37 heavy (non-hydrogen) atoms. The Labute approximate surface area is 211 Å². The zero-order valence-electron chi connectivity index (χ0n) is 19.6. The maximum Gasteiger partial charge on any atom is 0.416 e. The highest BCUT2D eigenvalue weighted by Crippen LogP contribution is 2.30. The van der Waals surface area contributed by atoms with Crippen molar-refractivity contribution in [2.75, 3.05) is 25.1 Å². The van der Waals surface area contributed by atoms with Crippen LogP contribution in [0.15, 0.2) is 78.9 Å². The van der Waals surface area contributed by atoms with Gasteiger partial charge in [0.2, 0.25) is 5.91 Å². The van der Waals surface area contributed by atoms with Crippen LogP contribution in [0.1, 0.15) is 22.8 Å². The molecule has 3 aromatic carbocycles. The molecule has 7 nitrogen and oxygen atoms in total. The number of aliphatic hydroxyl groups excluding tert-OH is 1. The Bertz CT molecular complexity index is 1200. The Morgan fingerprint density at radius 2 is 1.73 bits per heavy atom.